The third-order valence-corrected chi connectivity index (χ3v) is 4.31. The van der Waals surface area contributed by atoms with Crippen LogP contribution in [-0.4, -0.2) is 53.0 Å². The van der Waals surface area contributed by atoms with Crippen LogP contribution in [0.4, 0.5) is 0 Å². The molecule has 2 rings (SSSR count). The monoisotopic (exact) mass is 262 g/mol. The van der Waals surface area contributed by atoms with E-state index in [1.807, 2.05) is 18.5 Å². The van der Waals surface area contributed by atoms with Crippen molar-refractivity contribution in [1.29, 1.82) is 0 Å². The Balaban J connectivity index is 2.21. The summed E-state index contributed by atoms with van der Waals surface area (Å²) in [6.45, 7) is 8.77. The molecule has 0 aliphatic carbocycles. The number of hydrogen-bond donors (Lipinski definition) is 1. The average molecular weight is 262 g/mol. The van der Waals surface area contributed by atoms with Gasteiger partial charge in [-0.05, 0) is 39.4 Å². The summed E-state index contributed by atoms with van der Waals surface area (Å²) in [5.74, 6) is 0. The summed E-state index contributed by atoms with van der Waals surface area (Å²) in [5, 5.41) is 0. The Morgan fingerprint density at radius 2 is 1.95 bits per heavy atom. The van der Waals surface area contributed by atoms with Crippen LogP contribution >= 0.6 is 0 Å². The second kappa shape index (κ2) is 5.99. The van der Waals surface area contributed by atoms with Crippen molar-refractivity contribution >= 4 is 0 Å². The zero-order valence-electron chi connectivity index (χ0n) is 12.5. The van der Waals surface area contributed by atoms with Gasteiger partial charge in [0, 0.05) is 43.6 Å². The van der Waals surface area contributed by atoms with Gasteiger partial charge >= 0.3 is 0 Å². The van der Waals surface area contributed by atoms with Gasteiger partial charge in [-0.15, -0.1) is 0 Å². The average Bonchev–Trinajstić information content (AvgIpc) is 2.37. The molecule has 1 aliphatic rings. The lowest BCUT2D eigenvalue weighted by molar-refractivity contribution is 0.0273. The van der Waals surface area contributed by atoms with Gasteiger partial charge in [-0.3, -0.25) is 14.8 Å². The van der Waals surface area contributed by atoms with E-state index in [0.717, 1.165) is 13.1 Å². The van der Waals surface area contributed by atoms with Crippen LogP contribution in [0.3, 0.4) is 0 Å². The standard InChI is InChI=1S/C15H26N4/c1-11-9-19(10-12(2)18(11)4)15(13(3)16)14-6-5-7-17-8-14/h5-8,11-13,15H,9-10,16H2,1-4H3. The lowest BCUT2D eigenvalue weighted by atomic mass is 9.97. The van der Waals surface area contributed by atoms with Gasteiger partial charge < -0.3 is 5.73 Å². The molecule has 4 unspecified atom stereocenters. The van der Waals surface area contributed by atoms with Crippen molar-refractivity contribution in [2.24, 2.45) is 5.73 Å². The lowest BCUT2D eigenvalue weighted by Crippen LogP contribution is -2.57. The molecular weight excluding hydrogens is 236 g/mol. The van der Waals surface area contributed by atoms with Gasteiger partial charge in [0.1, 0.15) is 0 Å². The first-order valence-electron chi connectivity index (χ1n) is 7.12. The summed E-state index contributed by atoms with van der Waals surface area (Å²) in [4.78, 5) is 9.20. The Hall–Kier alpha value is -0.970. The molecule has 106 valence electrons. The molecule has 19 heavy (non-hydrogen) atoms. The molecule has 4 nitrogen and oxygen atoms in total. The molecule has 0 saturated carbocycles. The van der Waals surface area contributed by atoms with Gasteiger partial charge in [0.15, 0.2) is 0 Å². The van der Waals surface area contributed by atoms with Crippen molar-refractivity contribution in [2.45, 2.75) is 44.9 Å². The molecule has 0 spiro atoms. The maximum Gasteiger partial charge on any atom is 0.0513 e. The van der Waals surface area contributed by atoms with E-state index in [4.69, 9.17) is 5.73 Å². The molecule has 0 amide bonds. The Bertz CT molecular complexity index is 380. The third-order valence-electron chi connectivity index (χ3n) is 4.31. The summed E-state index contributed by atoms with van der Waals surface area (Å²) in [7, 11) is 2.21. The quantitative estimate of drug-likeness (QED) is 0.896. The largest absolute Gasteiger partial charge is 0.326 e. The Morgan fingerprint density at radius 1 is 1.32 bits per heavy atom. The minimum Gasteiger partial charge on any atom is -0.326 e. The first-order chi connectivity index (χ1) is 9.00. The highest BCUT2D eigenvalue weighted by molar-refractivity contribution is 5.16. The molecule has 4 atom stereocenters. The smallest absolute Gasteiger partial charge is 0.0513 e. The summed E-state index contributed by atoms with van der Waals surface area (Å²) in [5.41, 5.74) is 7.47. The number of nitrogens with zero attached hydrogens (tertiary/aromatic N) is 3. The highest BCUT2D eigenvalue weighted by atomic mass is 15.3. The van der Waals surface area contributed by atoms with Crippen LogP contribution in [0.5, 0.6) is 0 Å². The molecule has 0 bridgehead atoms. The third kappa shape index (κ3) is 3.14. The van der Waals surface area contributed by atoms with E-state index in [2.05, 4.69) is 48.7 Å². The van der Waals surface area contributed by atoms with Crippen molar-refractivity contribution in [2.75, 3.05) is 20.1 Å². The van der Waals surface area contributed by atoms with Crippen LogP contribution in [0, 0.1) is 0 Å². The zero-order valence-corrected chi connectivity index (χ0v) is 12.5. The molecule has 2 N–H and O–H groups in total. The number of rotatable bonds is 3. The molecule has 1 aromatic rings. The van der Waals surface area contributed by atoms with Gasteiger partial charge in [-0.25, -0.2) is 0 Å². The summed E-state index contributed by atoms with van der Waals surface area (Å²) >= 11 is 0. The van der Waals surface area contributed by atoms with E-state index < -0.39 is 0 Å². The van der Waals surface area contributed by atoms with E-state index in [-0.39, 0.29) is 12.1 Å². The van der Waals surface area contributed by atoms with E-state index in [0.29, 0.717) is 12.1 Å². The molecule has 2 heterocycles. The molecule has 1 aromatic heterocycles. The second-order valence-electron chi connectivity index (χ2n) is 5.91. The fourth-order valence-electron chi connectivity index (χ4n) is 3.07. The molecule has 4 heteroatoms. The Kier molecular flexibility index (Phi) is 4.55. The van der Waals surface area contributed by atoms with Crippen LogP contribution in [0.15, 0.2) is 24.5 Å². The number of likely N-dealkylation sites (N-methyl/N-ethyl adjacent to an activating group) is 1. The fourth-order valence-corrected chi connectivity index (χ4v) is 3.07. The van der Waals surface area contributed by atoms with Crippen LogP contribution in [0.2, 0.25) is 0 Å². The van der Waals surface area contributed by atoms with Crippen LogP contribution < -0.4 is 5.73 Å². The molecular formula is C15H26N4. The number of piperazine rings is 1. The number of hydrogen-bond acceptors (Lipinski definition) is 4. The molecule has 1 fully saturated rings. The molecule has 1 saturated heterocycles. The maximum atomic E-state index is 6.24. The fraction of sp³-hybridized carbons (Fsp3) is 0.667. The summed E-state index contributed by atoms with van der Waals surface area (Å²) in [6.07, 6.45) is 3.76. The second-order valence-corrected chi connectivity index (χ2v) is 5.91. The van der Waals surface area contributed by atoms with E-state index in [9.17, 15) is 0 Å². The van der Waals surface area contributed by atoms with Gasteiger partial charge in [0.25, 0.3) is 0 Å². The summed E-state index contributed by atoms with van der Waals surface area (Å²) in [6, 6.07) is 5.60. The topological polar surface area (TPSA) is 45.4 Å². The van der Waals surface area contributed by atoms with Gasteiger partial charge in [0.05, 0.1) is 6.04 Å². The highest BCUT2D eigenvalue weighted by Crippen LogP contribution is 2.27. The molecule has 0 aromatic carbocycles. The van der Waals surface area contributed by atoms with Crippen molar-refractivity contribution in [3.8, 4) is 0 Å². The predicted octanol–water partition coefficient (Wildman–Crippen LogP) is 1.49. The Morgan fingerprint density at radius 3 is 2.42 bits per heavy atom. The Labute approximate surface area is 116 Å². The predicted molar refractivity (Wildman–Crippen MR) is 78.9 cm³/mol. The normalized spacial score (nSPS) is 29.1. The van der Waals surface area contributed by atoms with Gasteiger partial charge in [-0.2, -0.15) is 0 Å². The van der Waals surface area contributed by atoms with Gasteiger partial charge in [-0.1, -0.05) is 6.07 Å². The van der Waals surface area contributed by atoms with E-state index in [1.54, 1.807) is 0 Å². The number of pyridine rings is 1. The van der Waals surface area contributed by atoms with E-state index in [1.165, 1.54) is 5.56 Å². The molecule has 0 radical (unpaired) electrons. The van der Waals surface area contributed by atoms with Crippen LogP contribution in [0.25, 0.3) is 0 Å². The van der Waals surface area contributed by atoms with Crippen molar-refractivity contribution < 1.29 is 0 Å². The van der Waals surface area contributed by atoms with Crippen molar-refractivity contribution in [1.82, 2.24) is 14.8 Å². The minimum absolute atomic E-state index is 0.104. The lowest BCUT2D eigenvalue weighted by Gasteiger charge is -2.46. The first kappa shape index (κ1) is 14.4. The number of nitrogens with two attached hydrogens (primary N) is 1. The number of aromatic nitrogens is 1. The van der Waals surface area contributed by atoms with Crippen LogP contribution in [-0.2, 0) is 0 Å². The van der Waals surface area contributed by atoms with Crippen molar-refractivity contribution in [3.05, 3.63) is 30.1 Å². The van der Waals surface area contributed by atoms with Crippen molar-refractivity contribution in [3.63, 3.8) is 0 Å². The maximum absolute atomic E-state index is 6.24. The van der Waals surface area contributed by atoms with Crippen LogP contribution in [0.1, 0.15) is 32.4 Å². The molecule has 1 aliphatic heterocycles. The zero-order chi connectivity index (χ0) is 14.0. The van der Waals surface area contributed by atoms with Gasteiger partial charge in [0.2, 0.25) is 0 Å². The first-order valence-corrected chi connectivity index (χ1v) is 7.12. The van der Waals surface area contributed by atoms with E-state index >= 15 is 0 Å². The minimum atomic E-state index is 0.104. The summed E-state index contributed by atoms with van der Waals surface area (Å²) < 4.78 is 0. The SMILES string of the molecule is CC(N)C(c1cccnc1)N1CC(C)N(C)C(C)C1. The highest BCUT2D eigenvalue weighted by Gasteiger charge is 2.33.